The van der Waals surface area contributed by atoms with Crippen LogP contribution in [0.4, 0.5) is 16.3 Å². The van der Waals surface area contributed by atoms with E-state index in [2.05, 4.69) is 77.5 Å². The Morgan fingerprint density at radius 2 is 1.84 bits per heavy atom. The van der Waals surface area contributed by atoms with Gasteiger partial charge >= 0.3 is 12.1 Å². The number of fused-ring (bicyclic) bond motifs is 2. The van der Waals surface area contributed by atoms with Crippen molar-refractivity contribution < 1.29 is 19.0 Å². The maximum atomic E-state index is 13.2. The molecular formula is C38H43N7O4. The summed E-state index contributed by atoms with van der Waals surface area (Å²) in [4.78, 5) is 29.4. The number of rotatable bonds is 8. The van der Waals surface area contributed by atoms with E-state index in [9.17, 15) is 10.1 Å². The van der Waals surface area contributed by atoms with Gasteiger partial charge in [-0.05, 0) is 37.3 Å². The average Bonchev–Trinajstić information content (AvgIpc) is 3.13. The second kappa shape index (κ2) is 14.3. The molecule has 0 radical (unpaired) electrons. The summed E-state index contributed by atoms with van der Waals surface area (Å²) in [5, 5.41) is 15.7. The zero-order valence-corrected chi connectivity index (χ0v) is 28.2. The normalized spacial score (nSPS) is 20.4. The fourth-order valence-corrected chi connectivity index (χ4v) is 6.88. The highest BCUT2D eigenvalue weighted by Gasteiger charge is 2.35. The average molecular weight is 662 g/mol. The highest BCUT2D eigenvalue weighted by Crippen LogP contribution is 2.35. The second-order valence-electron chi connectivity index (χ2n) is 13.6. The third-order valence-corrected chi connectivity index (χ3v) is 9.57. The molecule has 4 aromatic rings. The van der Waals surface area contributed by atoms with Gasteiger partial charge in [-0.2, -0.15) is 15.2 Å². The van der Waals surface area contributed by atoms with Gasteiger partial charge in [-0.1, -0.05) is 66.7 Å². The Balaban J connectivity index is 1.14. The van der Waals surface area contributed by atoms with Gasteiger partial charge in [0.1, 0.15) is 25.1 Å². The number of nitrogens with zero attached hydrogens (tertiary/aromatic N) is 6. The van der Waals surface area contributed by atoms with Gasteiger partial charge < -0.3 is 34.2 Å². The number of carbonyl (C=O) groups is 1. The molecule has 2 saturated heterocycles. The molecule has 0 unspecified atom stereocenters. The zero-order chi connectivity index (χ0) is 33.8. The van der Waals surface area contributed by atoms with Gasteiger partial charge in [0.25, 0.3) is 0 Å². The molecule has 2 fully saturated rings. The molecule has 11 heteroatoms. The fourth-order valence-electron chi connectivity index (χ4n) is 6.88. The van der Waals surface area contributed by atoms with Gasteiger partial charge in [-0.15, -0.1) is 0 Å². The quantitative estimate of drug-likeness (QED) is 0.274. The Morgan fingerprint density at radius 3 is 2.65 bits per heavy atom. The highest BCUT2D eigenvalue weighted by atomic mass is 16.6. The van der Waals surface area contributed by atoms with Crippen molar-refractivity contribution in [3.63, 3.8) is 0 Å². The first-order chi connectivity index (χ1) is 23.9. The molecule has 0 aliphatic carbocycles. The predicted molar refractivity (Wildman–Crippen MR) is 188 cm³/mol. The van der Waals surface area contributed by atoms with Crippen molar-refractivity contribution in [3.05, 3.63) is 89.6 Å². The molecule has 0 saturated carbocycles. The van der Waals surface area contributed by atoms with Crippen LogP contribution < -0.4 is 19.9 Å². The van der Waals surface area contributed by atoms with E-state index in [0.717, 1.165) is 35.6 Å². The molecule has 11 nitrogen and oxygen atoms in total. The number of ether oxygens (including phenoxy) is 3. The summed E-state index contributed by atoms with van der Waals surface area (Å²) < 4.78 is 18.0. The molecule has 1 N–H and O–H groups in total. The van der Waals surface area contributed by atoms with Crippen molar-refractivity contribution in [3.8, 4) is 12.1 Å². The van der Waals surface area contributed by atoms with E-state index in [1.165, 1.54) is 16.5 Å². The third kappa shape index (κ3) is 7.41. The Kier molecular flexibility index (Phi) is 9.51. The molecule has 49 heavy (non-hydrogen) atoms. The van der Waals surface area contributed by atoms with E-state index >= 15 is 0 Å². The third-order valence-electron chi connectivity index (χ3n) is 9.57. The van der Waals surface area contributed by atoms with Crippen molar-refractivity contribution in [2.24, 2.45) is 0 Å². The number of anilines is 2. The molecule has 3 aliphatic heterocycles. The number of hydrogen-bond acceptors (Lipinski definition) is 10. The summed E-state index contributed by atoms with van der Waals surface area (Å²) in [6.45, 7) is 8.84. The lowest BCUT2D eigenvalue weighted by Crippen LogP contribution is -2.56. The van der Waals surface area contributed by atoms with Crippen LogP contribution in [0, 0.1) is 11.3 Å². The van der Waals surface area contributed by atoms with Gasteiger partial charge in [0, 0.05) is 54.9 Å². The Hall–Kier alpha value is -4.92. The minimum atomic E-state index is -0.410. The summed E-state index contributed by atoms with van der Waals surface area (Å²) in [7, 11) is 0. The Morgan fingerprint density at radius 1 is 1.02 bits per heavy atom. The van der Waals surface area contributed by atoms with Gasteiger partial charge in [-0.3, -0.25) is 0 Å². The van der Waals surface area contributed by atoms with E-state index in [1.807, 2.05) is 30.3 Å². The summed E-state index contributed by atoms with van der Waals surface area (Å²) >= 11 is 0. The summed E-state index contributed by atoms with van der Waals surface area (Å²) in [5.41, 5.74) is 4.02. The van der Waals surface area contributed by atoms with E-state index in [0.29, 0.717) is 51.9 Å². The summed E-state index contributed by atoms with van der Waals surface area (Å²) in [6, 6.07) is 26.7. The van der Waals surface area contributed by atoms with Crippen molar-refractivity contribution in [2.75, 3.05) is 55.7 Å². The van der Waals surface area contributed by atoms with E-state index in [4.69, 9.17) is 24.2 Å². The van der Waals surface area contributed by atoms with Crippen LogP contribution in [0.25, 0.3) is 10.8 Å². The summed E-state index contributed by atoms with van der Waals surface area (Å²) in [5.74, 6) is 0.807. The monoisotopic (exact) mass is 661 g/mol. The number of benzene rings is 3. The van der Waals surface area contributed by atoms with Crippen LogP contribution in [0.15, 0.2) is 72.8 Å². The number of nitrogens with one attached hydrogen (secondary N) is 1. The Bertz CT molecular complexity index is 1810. The molecular weight excluding hydrogens is 618 g/mol. The highest BCUT2D eigenvalue weighted by molar-refractivity contribution is 5.94. The lowest BCUT2D eigenvalue weighted by atomic mass is 10.0. The molecule has 1 aromatic heterocycles. The van der Waals surface area contributed by atoms with E-state index in [-0.39, 0.29) is 30.7 Å². The smallest absolute Gasteiger partial charge is 0.410 e. The molecule has 0 spiro atoms. The first kappa shape index (κ1) is 32.6. The molecule has 4 heterocycles. The van der Waals surface area contributed by atoms with Gasteiger partial charge in [0.2, 0.25) is 0 Å². The second-order valence-corrected chi connectivity index (χ2v) is 13.6. The number of carbonyl (C=O) groups excluding carboxylic acids is 1. The van der Waals surface area contributed by atoms with Gasteiger partial charge in [-0.25, -0.2) is 4.79 Å². The minimum Gasteiger partial charge on any atom is -0.461 e. The number of hydrogen-bond donors (Lipinski definition) is 1. The van der Waals surface area contributed by atoms with Crippen molar-refractivity contribution >= 4 is 28.4 Å². The lowest BCUT2D eigenvalue weighted by molar-refractivity contribution is -0.0425. The van der Waals surface area contributed by atoms with Crippen LogP contribution in [0.2, 0.25) is 0 Å². The van der Waals surface area contributed by atoms with Gasteiger partial charge in [0.05, 0.1) is 37.4 Å². The first-order valence-corrected chi connectivity index (χ1v) is 17.1. The zero-order valence-electron chi connectivity index (χ0n) is 28.2. The van der Waals surface area contributed by atoms with Crippen molar-refractivity contribution in [1.82, 2.24) is 20.2 Å². The number of nitriles is 1. The fraction of sp³-hybridized carbons (Fsp3) is 0.421. The van der Waals surface area contributed by atoms with Crippen LogP contribution in [-0.2, 0) is 29.0 Å². The first-order valence-electron chi connectivity index (χ1n) is 17.1. The van der Waals surface area contributed by atoms with Crippen LogP contribution in [0.3, 0.4) is 0 Å². The molecule has 1 amide bonds. The maximum Gasteiger partial charge on any atom is 0.410 e. The number of aromatic nitrogens is 2. The lowest BCUT2D eigenvalue weighted by Gasteiger charge is -2.42. The number of amides is 1. The molecule has 0 bridgehead atoms. The van der Waals surface area contributed by atoms with Crippen LogP contribution in [0.5, 0.6) is 6.01 Å². The largest absolute Gasteiger partial charge is 0.461 e. The van der Waals surface area contributed by atoms with Crippen molar-refractivity contribution in [2.45, 2.75) is 57.5 Å². The topological polar surface area (TPSA) is 116 Å². The summed E-state index contributed by atoms with van der Waals surface area (Å²) in [6.07, 6.45) is 0.410. The van der Waals surface area contributed by atoms with Crippen LogP contribution >= 0.6 is 0 Å². The molecule has 3 aromatic carbocycles. The maximum absolute atomic E-state index is 13.2. The molecule has 3 aliphatic rings. The number of piperazine rings is 1. The standard InChI is InChI=1S/C38H43N7O4/c1-38(2)26-49-30(21-40-38)25-47-36-41-33-23-43(34-14-8-12-28-11-6-7-13-31(28)34)18-16-32(33)35(42-36)44-19-20-45(29(22-44)15-17-39)37(46)48-24-27-9-4-3-5-10-27/h3-14,29-30,40H,15-16,18-26H2,1-2H3/t29-,30+/m0/s1. The van der Waals surface area contributed by atoms with Crippen molar-refractivity contribution in [1.29, 1.82) is 5.26 Å². The van der Waals surface area contributed by atoms with Crippen LogP contribution in [-0.4, -0.2) is 84.6 Å². The molecule has 254 valence electrons. The van der Waals surface area contributed by atoms with Crippen LogP contribution in [0.1, 0.15) is 37.1 Å². The van der Waals surface area contributed by atoms with Gasteiger partial charge in [0.15, 0.2) is 0 Å². The number of morpholine rings is 1. The van der Waals surface area contributed by atoms with E-state index in [1.54, 1.807) is 4.90 Å². The molecule has 7 rings (SSSR count). The predicted octanol–water partition coefficient (Wildman–Crippen LogP) is 5.08. The SMILES string of the molecule is CC1(C)CO[C@@H](COc2nc3c(c(N4CCN(C(=O)OCc5ccccc5)[C@@H](CC#N)C4)n2)CCN(c2cccc4ccccc24)C3)CN1. The minimum absolute atomic E-state index is 0.0763. The van der Waals surface area contributed by atoms with E-state index < -0.39 is 6.09 Å². The Labute approximate surface area is 287 Å². The molecule has 2 atom stereocenters.